The monoisotopic (exact) mass is 248 g/mol. The van der Waals surface area contributed by atoms with Crippen molar-refractivity contribution in [3.8, 4) is 17.6 Å². The minimum absolute atomic E-state index is 0.526. The highest BCUT2D eigenvalue weighted by atomic mass is 16.5. The molecule has 4 nitrogen and oxygen atoms in total. The maximum absolute atomic E-state index is 8.47. The molecular weight excluding hydrogens is 228 g/mol. The second kappa shape index (κ2) is 8.37. The number of hydrogen-bond acceptors (Lipinski definition) is 4. The molecule has 0 spiro atoms. The summed E-state index contributed by atoms with van der Waals surface area (Å²) in [4.78, 5) is 0. The van der Waals surface area contributed by atoms with Gasteiger partial charge in [0.05, 0.1) is 19.8 Å². The van der Waals surface area contributed by atoms with E-state index in [-0.39, 0.29) is 0 Å². The molecule has 0 atom stereocenters. The van der Waals surface area contributed by atoms with Gasteiger partial charge in [0.2, 0.25) is 0 Å². The Bertz CT molecular complexity index is 399. The molecule has 0 saturated heterocycles. The van der Waals surface area contributed by atoms with Crippen molar-refractivity contribution in [1.82, 2.24) is 5.32 Å². The first-order valence-electron chi connectivity index (χ1n) is 6.19. The van der Waals surface area contributed by atoms with Crippen molar-refractivity contribution in [2.24, 2.45) is 0 Å². The Balaban J connectivity index is 2.66. The van der Waals surface area contributed by atoms with Crippen LogP contribution in [0.15, 0.2) is 18.2 Å². The Morgan fingerprint density at radius 1 is 1.39 bits per heavy atom. The highest BCUT2D eigenvalue weighted by molar-refractivity contribution is 5.40. The average molecular weight is 248 g/mol. The molecule has 0 radical (unpaired) electrons. The number of benzene rings is 1. The van der Waals surface area contributed by atoms with Crippen LogP contribution < -0.4 is 14.8 Å². The van der Waals surface area contributed by atoms with E-state index >= 15 is 0 Å². The van der Waals surface area contributed by atoms with Gasteiger partial charge in [0.25, 0.3) is 0 Å². The van der Waals surface area contributed by atoms with Gasteiger partial charge in [-0.3, -0.25) is 0 Å². The van der Waals surface area contributed by atoms with Gasteiger partial charge in [0, 0.05) is 18.5 Å². The third kappa shape index (κ3) is 4.64. The molecule has 4 heteroatoms. The second-order valence-electron chi connectivity index (χ2n) is 3.86. The van der Waals surface area contributed by atoms with Crippen LogP contribution in [0.3, 0.4) is 0 Å². The Morgan fingerprint density at radius 2 is 2.22 bits per heavy atom. The fraction of sp³-hybridized carbons (Fsp3) is 0.500. The van der Waals surface area contributed by atoms with E-state index in [1.54, 1.807) is 7.11 Å². The molecule has 0 bridgehead atoms. The number of methoxy groups -OCH3 is 1. The van der Waals surface area contributed by atoms with Gasteiger partial charge in [0.15, 0.2) is 0 Å². The second-order valence-corrected chi connectivity index (χ2v) is 3.86. The first-order chi connectivity index (χ1) is 8.81. The number of hydrogen-bond donors (Lipinski definition) is 1. The first kappa shape index (κ1) is 14.3. The number of nitriles is 1. The van der Waals surface area contributed by atoms with Gasteiger partial charge in [-0.25, -0.2) is 0 Å². The van der Waals surface area contributed by atoms with Crippen molar-refractivity contribution in [1.29, 1.82) is 5.26 Å². The Labute approximate surface area is 109 Å². The Kier molecular flexibility index (Phi) is 6.67. The predicted octanol–water partition coefficient (Wildman–Crippen LogP) is 2.49. The molecule has 1 aromatic carbocycles. The summed E-state index contributed by atoms with van der Waals surface area (Å²) in [5.74, 6) is 1.68. The summed E-state index contributed by atoms with van der Waals surface area (Å²) in [6.07, 6.45) is 1.28. The van der Waals surface area contributed by atoms with Gasteiger partial charge in [-0.15, -0.1) is 0 Å². The highest BCUT2D eigenvalue weighted by Crippen LogP contribution is 2.24. The molecule has 0 aliphatic heterocycles. The van der Waals surface area contributed by atoms with Gasteiger partial charge in [0.1, 0.15) is 11.5 Å². The summed E-state index contributed by atoms with van der Waals surface area (Å²) in [5.41, 5.74) is 1.08. The summed E-state index contributed by atoms with van der Waals surface area (Å²) >= 11 is 0. The molecule has 0 aliphatic carbocycles. The van der Waals surface area contributed by atoms with Crippen molar-refractivity contribution >= 4 is 0 Å². The maximum atomic E-state index is 8.47. The number of nitrogens with one attached hydrogen (secondary N) is 1. The first-order valence-corrected chi connectivity index (χ1v) is 6.19. The van der Waals surface area contributed by atoms with Crippen LogP contribution in [0.4, 0.5) is 0 Å². The number of unbranched alkanes of at least 4 members (excludes halogenated alkanes) is 1. The molecule has 0 aromatic heterocycles. The largest absolute Gasteiger partial charge is 0.497 e. The van der Waals surface area contributed by atoms with Gasteiger partial charge in [-0.2, -0.15) is 5.26 Å². The minimum atomic E-state index is 0.526. The standard InChI is InChI=1S/C14H20N2O2/c1-3-16-11-12-10-13(17-2)6-7-14(12)18-9-5-4-8-15/h6-7,10,16H,3-5,9,11H2,1-2H3. The molecule has 1 N–H and O–H groups in total. The zero-order valence-corrected chi connectivity index (χ0v) is 11.0. The smallest absolute Gasteiger partial charge is 0.124 e. The van der Waals surface area contributed by atoms with Crippen LogP contribution >= 0.6 is 0 Å². The molecule has 0 saturated carbocycles. The lowest BCUT2D eigenvalue weighted by Crippen LogP contribution is -2.13. The molecule has 0 amide bonds. The summed E-state index contributed by atoms with van der Waals surface area (Å²) in [6.45, 7) is 4.29. The third-order valence-electron chi connectivity index (χ3n) is 2.52. The SMILES string of the molecule is CCNCc1cc(OC)ccc1OCCCC#N. The molecule has 1 aromatic rings. The van der Waals surface area contributed by atoms with Crippen LogP contribution in [0.25, 0.3) is 0 Å². The number of ether oxygens (including phenoxy) is 2. The fourth-order valence-corrected chi connectivity index (χ4v) is 1.55. The van der Waals surface area contributed by atoms with E-state index in [9.17, 15) is 0 Å². The van der Waals surface area contributed by atoms with Crippen LogP contribution in [0, 0.1) is 11.3 Å². The van der Waals surface area contributed by atoms with Gasteiger partial charge < -0.3 is 14.8 Å². The summed E-state index contributed by atoms with van der Waals surface area (Å²) in [6, 6.07) is 7.88. The molecule has 0 aliphatic rings. The molecule has 1 rings (SSSR count). The van der Waals surface area contributed by atoms with Crippen LogP contribution in [0.1, 0.15) is 25.3 Å². The lowest BCUT2D eigenvalue weighted by Gasteiger charge is -2.12. The molecule has 18 heavy (non-hydrogen) atoms. The topological polar surface area (TPSA) is 54.3 Å². The quantitative estimate of drug-likeness (QED) is 0.718. The van der Waals surface area contributed by atoms with Crippen LogP contribution in [-0.2, 0) is 6.54 Å². The van der Waals surface area contributed by atoms with Crippen LogP contribution in [0.2, 0.25) is 0 Å². The zero-order chi connectivity index (χ0) is 13.2. The third-order valence-corrected chi connectivity index (χ3v) is 2.52. The normalized spacial score (nSPS) is 9.83. The van der Waals surface area contributed by atoms with Crippen LogP contribution in [0.5, 0.6) is 11.5 Å². The van der Waals surface area contributed by atoms with E-state index in [4.69, 9.17) is 14.7 Å². The maximum Gasteiger partial charge on any atom is 0.124 e. The predicted molar refractivity (Wildman–Crippen MR) is 70.7 cm³/mol. The van der Waals surface area contributed by atoms with Gasteiger partial charge in [-0.05, 0) is 31.2 Å². The molecule has 0 heterocycles. The van der Waals surface area contributed by atoms with E-state index < -0.39 is 0 Å². The van der Waals surface area contributed by atoms with Crippen molar-refractivity contribution in [2.75, 3.05) is 20.3 Å². The number of nitrogens with zero attached hydrogens (tertiary/aromatic N) is 1. The molecule has 0 fully saturated rings. The lowest BCUT2D eigenvalue weighted by atomic mass is 10.2. The van der Waals surface area contributed by atoms with Crippen molar-refractivity contribution < 1.29 is 9.47 Å². The van der Waals surface area contributed by atoms with Crippen LogP contribution in [-0.4, -0.2) is 20.3 Å². The summed E-state index contributed by atoms with van der Waals surface area (Å²) in [7, 11) is 1.65. The van der Waals surface area contributed by atoms with E-state index in [1.165, 1.54) is 0 Å². The Hall–Kier alpha value is -1.73. The highest BCUT2D eigenvalue weighted by Gasteiger charge is 2.05. The summed E-state index contributed by atoms with van der Waals surface area (Å²) < 4.78 is 10.9. The molecular formula is C14H20N2O2. The zero-order valence-electron chi connectivity index (χ0n) is 11.0. The molecule has 0 unspecified atom stereocenters. The van der Waals surface area contributed by atoms with E-state index in [1.807, 2.05) is 18.2 Å². The van der Waals surface area contributed by atoms with Crippen molar-refractivity contribution in [3.63, 3.8) is 0 Å². The minimum Gasteiger partial charge on any atom is -0.497 e. The van der Waals surface area contributed by atoms with E-state index in [2.05, 4.69) is 18.3 Å². The van der Waals surface area contributed by atoms with E-state index in [0.29, 0.717) is 13.0 Å². The van der Waals surface area contributed by atoms with Crippen molar-refractivity contribution in [3.05, 3.63) is 23.8 Å². The average Bonchev–Trinajstić information content (AvgIpc) is 2.42. The fourth-order valence-electron chi connectivity index (χ4n) is 1.55. The van der Waals surface area contributed by atoms with Crippen molar-refractivity contribution in [2.45, 2.75) is 26.3 Å². The van der Waals surface area contributed by atoms with E-state index in [0.717, 1.165) is 36.6 Å². The number of rotatable bonds is 8. The lowest BCUT2D eigenvalue weighted by molar-refractivity contribution is 0.308. The van der Waals surface area contributed by atoms with Gasteiger partial charge >= 0.3 is 0 Å². The Morgan fingerprint density at radius 3 is 2.89 bits per heavy atom. The molecule has 98 valence electrons. The van der Waals surface area contributed by atoms with Gasteiger partial charge in [-0.1, -0.05) is 6.92 Å². The summed E-state index contributed by atoms with van der Waals surface area (Å²) in [5, 5.41) is 11.7.